The Bertz CT molecular complexity index is 659. The number of hydrogen-bond donors (Lipinski definition) is 1. The van der Waals surface area contributed by atoms with Crippen LogP contribution in [0.15, 0.2) is 60.7 Å². The molecule has 0 aromatic heterocycles. The second-order valence-corrected chi connectivity index (χ2v) is 6.33. The van der Waals surface area contributed by atoms with Gasteiger partial charge in [-0.2, -0.15) is 0 Å². The highest BCUT2D eigenvalue weighted by atomic mass is 16.6. The molecule has 1 saturated heterocycles. The number of rotatable bonds is 5. The van der Waals surface area contributed by atoms with Crippen molar-refractivity contribution in [3.05, 3.63) is 71.8 Å². The summed E-state index contributed by atoms with van der Waals surface area (Å²) in [5, 5.41) is 9.50. The highest BCUT2D eigenvalue weighted by Crippen LogP contribution is 2.37. The van der Waals surface area contributed by atoms with Crippen molar-refractivity contribution in [2.24, 2.45) is 0 Å². The molecule has 0 spiro atoms. The summed E-state index contributed by atoms with van der Waals surface area (Å²) in [6.45, 7) is 1.64. The summed E-state index contributed by atoms with van der Waals surface area (Å²) in [5.74, 6) is 0. The smallest absolute Gasteiger partial charge is 0.410 e. The lowest BCUT2D eigenvalue weighted by Gasteiger charge is -2.29. The largest absolute Gasteiger partial charge is 0.445 e. The van der Waals surface area contributed by atoms with E-state index in [1.165, 1.54) is 5.56 Å². The highest BCUT2D eigenvalue weighted by Gasteiger charge is 2.41. The fourth-order valence-electron chi connectivity index (χ4n) is 3.43. The van der Waals surface area contributed by atoms with Crippen LogP contribution in [-0.4, -0.2) is 35.8 Å². The second-order valence-electron chi connectivity index (χ2n) is 6.33. The van der Waals surface area contributed by atoms with Crippen LogP contribution < -0.4 is 0 Å². The molecule has 1 heterocycles. The first kappa shape index (κ1) is 16.5. The minimum atomic E-state index is -0.283. The van der Waals surface area contributed by atoms with E-state index in [9.17, 15) is 9.90 Å². The predicted octanol–water partition coefficient (Wildman–Crippen LogP) is 3.35. The third-order valence-electron chi connectivity index (χ3n) is 4.79. The molecule has 4 heteroatoms. The van der Waals surface area contributed by atoms with E-state index in [1.807, 2.05) is 48.5 Å². The number of carbonyl (C=O) groups is 1. The van der Waals surface area contributed by atoms with Crippen molar-refractivity contribution in [3.8, 4) is 0 Å². The normalized spacial score (nSPS) is 20.1. The SMILES string of the molecule is O=C(OCc1ccccc1)N1CCC(CCO)(c2ccccc2)C1. The van der Waals surface area contributed by atoms with Gasteiger partial charge in [0.2, 0.25) is 0 Å². The number of carbonyl (C=O) groups excluding carboxylic acids is 1. The van der Waals surface area contributed by atoms with Gasteiger partial charge < -0.3 is 14.7 Å². The maximum absolute atomic E-state index is 12.4. The Morgan fingerprint density at radius 1 is 1.08 bits per heavy atom. The molecule has 2 aromatic carbocycles. The molecule has 1 N–H and O–H groups in total. The fraction of sp³-hybridized carbons (Fsp3) is 0.350. The topological polar surface area (TPSA) is 49.8 Å². The molecule has 0 bridgehead atoms. The van der Waals surface area contributed by atoms with Crippen molar-refractivity contribution in [1.82, 2.24) is 4.90 Å². The Labute approximate surface area is 142 Å². The lowest BCUT2D eigenvalue weighted by Crippen LogP contribution is -2.35. The average molecular weight is 325 g/mol. The van der Waals surface area contributed by atoms with Crippen LogP contribution in [0, 0.1) is 0 Å². The summed E-state index contributed by atoms with van der Waals surface area (Å²) < 4.78 is 5.44. The van der Waals surface area contributed by atoms with Crippen molar-refractivity contribution in [2.75, 3.05) is 19.7 Å². The van der Waals surface area contributed by atoms with Crippen molar-refractivity contribution in [2.45, 2.75) is 24.9 Å². The van der Waals surface area contributed by atoms with Gasteiger partial charge in [-0.05, 0) is 24.0 Å². The Kier molecular flexibility index (Phi) is 5.16. The third-order valence-corrected chi connectivity index (χ3v) is 4.79. The average Bonchev–Trinajstić information content (AvgIpc) is 3.07. The van der Waals surface area contributed by atoms with Crippen LogP contribution >= 0.6 is 0 Å². The van der Waals surface area contributed by atoms with E-state index in [-0.39, 0.29) is 24.7 Å². The molecule has 4 nitrogen and oxygen atoms in total. The second kappa shape index (κ2) is 7.49. The van der Waals surface area contributed by atoms with Crippen LogP contribution in [0.1, 0.15) is 24.0 Å². The number of nitrogens with zero attached hydrogens (tertiary/aromatic N) is 1. The van der Waals surface area contributed by atoms with Crippen molar-refractivity contribution in [1.29, 1.82) is 0 Å². The Morgan fingerprint density at radius 3 is 2.42 bits per heavy atom. The molecular formula is C20H23NO3. The van der Waals surface area contributed by atoms with E-state index in [4.69, 9.17) is 4.74 Å². The van der Waals surface area contributed by atoms with Crippen LogP contribution in [0.5, 0.6) is 0 Å². The number of aliphatic hydroxyl groups is 1. The summed E-state index contributed by atoms with van der Waals surface area (Å²) in [6.07, 6.45) is 1.21. The first-order valence-electron chi connectivity index (χ1n) is 8.35. The van der Waals surface area contributed by atoms with E-state index in [0.717, 1.165) is 12.0 Å². The summed E-state index contributed by atoms with van der Waals surface area (Å²) in [5.41, 5.74) is 1.98. The van der Waals surface area contributed by atoms with Gasteiger partial charge >= 0.3 is 6.09 Å². The number of amides is 1. The first-order chi connectivity index (χ1) is 11.7. The van der Waals surface area contributed by atoms with Crippen LogP contribution in [0.25, 0.3) is 0 Å². The van der Waals surface area contributed by atoms with Crippen LogP contribution in [0.3, 0.4) is 0 Å². The molecule has 126 valence electrons. The van der Waals surface area contributed by atoms with E-state index in [0.29, 0.717) is 19.5 Å². The Hall–Kier alpha value is -2.33. The molecule has 24 heavy (non-hydrogen) atoms. The van der Waals surface area contributed by atoms with E-state index < -0.39 is 0 Å². The minimum absolute atomic E-state index is 0.113. The van der Waals surface area contributed by atoms with E-state index >= 15 is 0 Å². The van der Waals surface area contributed by atoms with Gasteiger partial charge in [-0.1, -0.05) is 60.7 Å². The standard InChI is InChI=1S/C20H23NO3/c22-14-12-20(18-9-5-2-6-10-18)11-13-21(16-20)19(23)24-15-17-7-3-1-4-8-17/h1-10,22H,11-16H2. The molecule has 0 aliphatic carbocycles. The number of benzene rings is 2. The summed E-state index contributed by atoms with van der Waals surface area (Å²) in [7, 11) is 0. The number of hydrogen-bond acceptors (Lipinski definition) is 3. The molecule has 3 rings (SSSR count). The number of aliphatic hydroxyl groups excluding tert-OH is 1. The maximum atomic E-state index is 12.4. The van der Waals surface area contributed by atoms with Crippen molar-refractivity contribution < 1.29 is 14.6 Å². The molecular weight excluding hydrogens is 302 g/mol. The first-order valence-corrected chi connectivity index (χ1v) is 8.35. The lowest BCUT2D eigenvalue weighted by atomic mass is 9.77. The van der Waals surface area contributed by atoms with E-state index in [1.54, 1.807) is 4.90 Å². The Morgan fingerprint density at radius 2 is 1.75 bits per heavy atom. The summed E-state index contributed by atoms with van der Waals surface area (Å²) in [6, 6.07) is 19.8. The van der Waals surface area contributed by atoms with Gasteiger partial charge in [0.05, 0.1) is 0 Å². The highest BCUT2D eigenvalue weighted by molar-refractivity contribution is 5.68. The minimum Gasteiger partial charge on any atom is -0.445 e. The molecule has 1 atom stereocenters. The number of ether oxygens (including phenoxy) is 1. The van der Waals surface area contributed by atoms with Crippen molar-refractivity contribution >= 4 is 6.09 Å². The monoisotopic (exact) mass is 325 g/mol. The van der Waals surface area contributed by atoms with Crippen LogP contribution in [-0.2, 0) is 16.8 Å². The van der Waals surface area contributed by atoms with Crippen LogP contribution in [0.2, 0.25) is 0 Å². The summed E-state index contributed by atoms with van der Waals surface area (Å²) in [4.78, 5) is 14.1. The molecule has 0 radical (unpaired) electrons. The third kappa shape index (κ3) is 3.60. The van der Waals surface area contributed by atoms with Gasteiger partial charge in [0.25, 0.3) is 0 Å². The van der Waals surface area contributed by atoms with Gasteiger partial charge in [0.1, 0.15) is 6.61 Å². The predicted molar refractivity (Wildman–Crippen MR) is 92.6 cm³/mol. The van der Waals surface area contributed by atoms with Gasteiger partial charge in [-0.25, -0.2) is 4.79 Å². The zero-order valence-corrected chi connectivity index (χ0v) is 13.7. The number of likely N-dealkylation sites (tertiary alicyclic amines) is 1. The fourth-order valence-corrected chi connectivity index (χ4v) is 3.43. The molecule has 1 unspecified atom stereocenters. The van der Waals surface area contributed by atoms with Gasteiger partial charge in [0, 0.05) is 25.1 Å². The van der Waals surface area contributed by atoms with E-state index in [2.05, 4.69) is 12.1 Å². The van der Waals surface area contributed by atoms with Gasteiger partial charge in [-0.15, -0.1) is 0 Å². The molecule has 1 fully saturated rings. The molecule has 0 saturated carbocycles. The lowest BCUT2D eigenvalue weighted by molar-refractivity contribution is 0.101. The Balaban J connectivity index is 1.65. The molecule has 2 aromatic rings. The van der Waals surface area contributed by atoms with Crippen molar-refractivity contribution in [3.63, 3.8) is 0 Å². The van der Waals surface area contributed by atoms with Gasteiger partial charge in [0.15, 0.2) is 0 Å². The van der Waals surface area contributed by atoms with Crippen LogP contribution in [0.4, 0.5) is 4.79 Å². The zero-order chi connectivity index (χ0) is 16.8. The molecule has 1 aliphatic rings. The quantitative estimate of drug-likeness (QED) is 0.917. The maximum Gasteiger partial charge on any atom is 0.410 e. The zero-order valence-electron chi connectivity index (χ0n) is 13.7. The van der Waals surface area contributed by atoms with Gasteiger partial charge in [-0.3, -0.25) is 0 Å². The molecule has 1 amide bonds. The molecule has 1 aliphatic heterocycles. The summed E-state index contributed by atoms with van der Waals surface area (Å²) >= 11 is 0.